The van der Waals surface area contributed by atoms with Crippen LogP contribution in [0.2, 0.25) is 0 Å². The molecule has 14 heavy (non-hydrogen) atoms. The molecule has 0 fully saturated rings. The van der Waals surface area contributed by atoms with E-state index in [2.05, 4.69) is 4.98 Å². The molecule has 0 atom stereocenters. The van der Waals surface area contributed by atoms with E-state index >= 15 is 0 Å². The monoisotopic (exact) mass is 204 g/mol. The van der Waals surface area contributed by atoms with Crippen LogP contribution in [0.4, 0.5) is 0 Å². The van der Waals surface area contributed by atoms with Crippen LogP contribution >= 0.6 is 11.3 Å². The summed E-state index contributed by atoms with van der Waals surface area (Å²) in [6, 6.07) is 3.91. The van der Waals surface area contributed by atoms with E-state index in [1.165, 1.54) is 17.0 Å². The molecule has 2 aromatic rings. The van der Waals surface area contributed by atoms with Gasteiger partial charge in [-0.2, -0.15) is 0 Å². The number of imidazole rings is 1. The molecular weight excluding hydrogens is 196 g/mol. The zero-order valence-corrected chi connectivity index (χ0v) is 8.15. The molecule has 2 aromatic heterocycles. The molecule has 0 unspecified atom stereocenters. The van der Waals surface area contributed by atoms with Crippen LogP contribution < -0.4 is 0 Å². The van der Waals surface area contributed by atoms with Crippen LogP contribution in [0.25, 0.3) is 6.08 Å². The Morgan fingerprint density at radius 3 is 3.14 bits per heavy atom. The minimum atomic E-state index is -0.0871. The lowest BCUT2D eigenvalue weighted by molar-refractivity contribution is 0.0969. The number of allylic oxidation sites excluding steroid dienone is 1. The molecule has 3 nitrogen and oxygen atoms in total. The van der Waals surface area contributed by atoms with Gasteiger partial charge in [-0.15, -0.1) is 11.3 Å². The Bertz CT molecular complexity index is 429. The second-order valence-corrected chi connectivity index (χ2v) is 3.64. The van der Waals surface area contributed by atoms with Crippen LogP contribution in [0.15, 0.2) is 42.3 Å². The van der Waals surface area contributed by atoms with Gasteiger partial charge in [-0.05, 0) is 17.5 Å². The lowest BCUT2D eigenvalue weighted by Crippen LogP contribution is -2.03. The van der Waals surface area contributed by atoms with Crippen molar-refractivity contribution in [2.45, 2.75) is 0 Å². The van der Waals surface area contributed by atoms with Gasteiger partial charge in [-0.1, -0.05) is 6.07 Å². The minimum Gasteiger partial charge on any atom is -0.273 e. The number of rotatable bonds is 2. The molecule has 0 aliphatic carbocycles. The molecule has 0 aliphatic rings. The average molecular weight is 204 g/mol. The third kappa shape index (κ3) is 1.97. The molecule has 2 heterocycles. The highest BCUT2D eigenvalue weighted by molar-refractivity contribution is 7.10. The zero-order valence-electron chi connectivity index (χ0n) is 7.33. The number of hydrogen-bond acceptors (Lipinski definition) is 3. The molecule has 0 saturated heterocycles. The normalized spacial score (nSPS) is 10.9. The zero-order chi connectivity index (χ0) is 9.80. The fraction of sp³-hybridized carbons (Fsp3) is 0. The highest BCUT2D eigenvalue weighted by Gasteiger charge is 1.97. The Hall–Kier alpha value is -1.68. The van der Waals surface area contributed by atoms with Crippen LogP contribution in [0.1, 0.15) is 9.67 Å². The molecule has 0 saturated carbocycles. The van der Waals surface area contributed by atoms with E-state index in [-0.39, 0.29) is 5.91 Å². The molecule has 0 aliphatic heterocycles. The number of hydrogen-bond donors (Lipinski definition) is 0. The maximum absolute atomic E-state index is 11.4. The largest absolute Gasteiger partial charge is 0.273 e. The first-order chi connectivity index (χ1) is 6.86. The highest BCUT2D eigenvalue weighted by Crippen LogP contribution is 2.10. The van der Waals surface area contributed by atoms with Gasteiger partial charge in [-0.25, -0.2) is 4.98 Å². The van der Waals surface area contributed by atoms with Crippen LogP contribution in [0, 0.1) is 0 Å². The number of aromatic nitrogens is 2. The fourth-order valence-corrected chi connectivity index (χ4v) is 1.63. The van der Waals surface area contributed by atoms with Gasteiger partial charge in [0.25, 0.3) is 5.91 Å². The van der Waals surface area contributed by atoms with Crippen molar-refractivity contribution in [2.75, 3.05) is 0 Å². The Kier molecular flexibility index (Phi) is 2.55. The van der Waals surface area contributed by atoms with Crippen LogP contribution in [0.5, 0.6) is 0 Å². The molecule has 0 spiro atoms. The van der Waals surface area contributed by atoms with Gasteiger partial charge in [0.05, 0.1) is 0 Å². The molecule has 0 aromatic carbocycles. The number of carbonyl (C=O) groups excluding carboxylic acids is 1. The first-order valence-corrected chi connectivity index (χ1v) is 4.98. The Labute approximate surface area is 85.3 Å². The SMILES string of the molecule is O=C(/C=C/c1cccs1)n1ccnc1. The molecule has 0 bridgehead atoms. The molecule has 0 amide bonds. The Morgan fingerprint density at radius 2 is 2.50 bits per heavy atom. The van der Waals surface area contributed by atoms with Crippen LogP contribution in [-0.4, -0.2) is 15.5 Å². The lowest BCUT2D eigenvalue weighted by atomic mass is 10.4. The first-order valence-electron chi connectivity index (χ1n) is 4.10. The Balaban J connectivity index is 2.09. The summed E-state index contributed by atoms with van der Waals surface area (Å²) >= 11 is 1.60. The molecule has 0 radical (unpaired) electrons. The second-order valence-electron chi connectivity index (χ2n) is 2.66. The van der Waals surface area contributed by atoms with E-state index in [1.807, 2.05) is 17.5 Å². The molecular formula is C10H8N2OS. The topological polar surface area (TPSA) is 34.9 Å². The second kappa shape index (κ2) is 4.02. The van der Waals surface area contributed by atoms with Crippen molar-refractivity contribution in [3.63, 3.8) is 0 Å². The summed E-state index contributed by atoms with van der Waals surface area (Å²) in [6.45, 7) is 0. The predicted molar refractivity (Wildman–Crippen MR) is 56.2 cm³/mol. The number of nitrogens with zero attached hydrogens (tertiary/aromatic N) is 2. The van der Waals surface area contributed by atoms with Crippen molar-refractivity contribution >= 4 is 23.3 Å². The smallest absolute Gasteiger partial charge is 0.255 e. The van der Waals surface area contributed by atoms with Gasteiger partial charge in [0, 0.05) is 23.3 Å². The molecule has 0 N–H and O–H groups in total. The van der Waals surface area contributed by atoms with Crippen molar-refractivity contribution in [2.24, 2.45) is 0 Å². The summed E-state index contributed by atoms with van der Waals surface area (Å²) in [5, 5.41) is 1.97. The summed E-state index contributed by atoms with van der Waals surface area (Å²) in [5.74, 6) is -0.0871. The fourth-order valence-electron chi connectivity index (χ4n) is 1.02. The Morgan fingerprint density at radius 1 is 1.57 bits per heavy atom. The molecule has 70 valence electrons. The summed E-state index contributed by atoms with van der Waals surface area (Å²) in [5.41, 5.74) is 0. The standard InChI is InChI=1S/C10H8N2OS/c13-10(12-6-5-11-8-12)4-3-9-2-1-7-14-9/h1-8H/b4-3+. The van der Waals surface area contributed by atoms with Gasteiger partial charge >= 0.3 is 0 Å². The van der Waals surface area contributed by atoms with Gasteiger partial charge in [-0.3, -0.25) is 9.36 Å². The van der Waals surface area contributed by atoms with E-state index < -0.39 is 0 Å². The third-order valence-corrected chi connectivity index (χ3v) is 2.53. The summed E-state index contributed by atoms with van der Waals surface area (Å²) < 4.78 is 1.43. The van der Waals surface area contributed by atoms with E-state index in [0.29, 0.717) is 0 Å². The van der Waals surface area contributed by atoms with Gasteiger partial charge in [0.15, 0.2) is 0 Å². The molecule has 4 heteroatoms. The van der Waals surface area contributed by atoms with Crippen LogP contribution in [-0.2, 0) is 0 Å². The van der Waals surface area contributed by atoms with Crippen molar-refractivity contribution in [3.05, 3.63) is 47.2 Å². The van der Waals surface area contributed by atoms with Crippen LogP contribution in [0.3, 0.4) is 0 Å². The average Bonchev–Trinajstić information content (AvgIpc) is 2.87. The summed E-state index contributed by atoms with van der Waals surface area (Å²) in [6.07, 6.45) is 8.03. The molecule has 2 rings (SSSR count). The number of carbonyl (C=O) groups is 1. The predicted octanol–water partition coefficient (Wildman–Crippen LogP) is 2.30. The van der Waals surface area contributed by atoms with E-state index in [1.54, 1.807) is 29.8 Å². The first kappa shape index (κ1) is 8.90. The quantitative estimate of drug-likeness (QED) is 0.703. The van der Waals surface area contributed by atoms with E-state index in [9.17, 15) is 4.79 Å². The van der Waals surface area contributed by atoms with Gasteiger partial charge in [0.1, 0.15) is 6.33 Å². The third-order valence-electron chi connectivity index (χ3n) is 1.69. The van der Waals surface area contributed by atoms with E-state index in [0.717, 1.165) is 4.88 Å². The van der Waals surface area contributed by atoms with Crippen molar-refractivity contribution < 1.29 is 4.79 Å². The summed E-state index contributed by atoms with van der Waals surface area (Å²) in [7, 11) is 0. The van der Waals surface area contributed by atoms with Gasteiger partial charge < -0.3 is 0 Å². The van der Waals surface area contributed by atoms with Crippen molar-refractivity contribution in [1.82, 2.24) is 9.55 Å². The van der Waals surface area contributed by atoms with E-state index in [4.69, 9.17) is 0 Å². The van der Waals surface area contributed by atoms with Gasteiger partial charge in [0.2, 0.25) is 0 Å². The van der Waals surface area contributed by atoms with Crippen molar-refractivity contribution in [3.8, 4) is 0 Å². The summed E-state index contributed by atoms with van der Waals surface area (Å²) in [4.78, 5) is 16.3. The lowest BCUT2D eigenvalue weighted by Gasteiger charge is -1.91. The maximum Gasteiger partial charge on any atom is 0.255 e. The minimum absolute atomic E-state index is 0.0871. The van der Waals surface area contributed by atoms with Crippen molar-refractivity contribution in [1.29, 1.82) is 0 Å². The highest BCUT2D eigenvalue weighted by atomic mass is 32.1. The maximum atomic E-state index is 11.4. The number of thiophene rings is 1.